The highest BCUT2D eigenvalue weighted by Gasteiger charge is 2.33. The highest BCUT2D eigenvalue weighted by atomic mass is 32.2. The molecular formula is C25H24F3N3O5S. The van der Waals surface area contributed by atoms with E-state index in [1.54, 1.807) is 18.2 Å². The van der Waals surface area contributed by atoms with E-state index in [0.29, 0.717) is 10.4 Å². The van der Waals surface area contributed by atoms with E-state index in [4.69, 9.17) is 4.74 Å². The van der Waals surface area contributed by atoms with Crippen LogP contribution in [0.1, 0.15) is 15.9 Å². The molecule has 0 heterocycles. The van der Waals surface area contributed by atoms with Crippen molar-refractivity contribution in [3.05, 3.63) is 90.0 Å². The van der Waals surface area contributed by atoms with Crippen molar-refractivity contribution in [3.8, 4) is 0 Å². The molecule has 0 aliphatic heterocycles. The van der Waals surface area contributed by atoms with Crippen molar-refractivity contribution in [2.24, 2.45) is 0 Å². The summed E-state index contributed by atoms with van der Waals surface area (Å²) in [6.45, 7) is -0.363. The second-order valence-electron chi connectivity index (χ2n) is 7.72. The first kappa shape index (κ1) is 27.7. The highest BCUT2D eigenvalue weighted by molar-refractivity contribution is 7.92. The molecule has 0 saturated carbocycles. The molecule has 196 valence electrons. The Kier molecular flexibility index (Phi) is 8.90. The molecule has 3 rings (SSSR count). The van der Waals surface area contributed by atoms with Crippen LogP contribution in [0.2, 0.25) is 0 Å². The van der Waals surface area contributed by atoms with Crippen LogP contribution in [0.25, 0.3) is 0 Å². The number of hydrogen-bond donors (Lipinski definition) is 2. The molecule has 0 radical (unpaired) electrons. The molecule has 0 saturated heterocycles. The summed E-state index contributed by atoms with van der Waals surface area (Å²) in [5, 5.41) is 5.11. The maximum absolute atomic E-state index is 13.4. The van der Waals surface area contributed by atoms with Crippen LogP contribution in [0.3, 0.4) is 0 Å². The zero-order chi connectivity index (χ0) is 27.1. The Bertz CT molecular complexity index is 1350. The van der Waals surface area contributed by atoms with Crippen molar-refractivity contribution < 1.29 is 35.9 Å². The largest absolute Gasteiger partial charge is 0.416 e. The van der Waals surface area contributed by atoms with Crippen molar-refractivity contribution in [2.75, 3.05) is 36.4 Å². The molecule has 0 bridgehead atoms. The predicted octanol–water partition coefficient (Wildman–Crippen LogP) is 3.92. The molecule has 2 N–H and O–H groups in total. The van der Waals surface area contributed by atoms with Crippen molar-refractivity contribution in [3.63, 3.8) is 0 Å². The molecule has 0 aliphatic carbocycles. The minimum absolute atomic E-state index is 0.100. The normalized spacial score (nSPS) is 11.6. The van der Waals surface area contributed by atoms with Gasteiger partial charge in [-0.2, -0.15) is 13.2 Å². The third-order valence-electron chi connectivity index (χ3n) is 5.12. The lowest BCUT2D eigenvalue weighted by molar-refractivity contribution is -0.137. The average Bonchev–Trinajstić information content (AvgIpc) is 2.87. The molecule has 0 atom stereocenters. The van der Waals surface area contributed by atoms with Gasteiger partial charge in [-0.25, -0.2) is 8.42 Å². The number of alkyl halides is 3. The van der Waals surface area contributed by atoms with Crippen molar-refractivity contribution in [1.29, 1.82) is 0 Å². The van der Waals surface area contributed by atoms with Crippen LogP contribution in [-0.4, -0.2) is 47.0 Å². The number of para-hydroxylation sites is 1. The molecule has 2 amide bonds. The van der Waals surface area contributed by atoms with Gasteiger partial charge in [0.1, 0.15) is 6.54 Å². The Labute approximate surface area is 212 Å². The van der Waals surface area contributed by atoms with Crippen LogP contribution in [0, 0.1) is 0 Å². The second kappa shape index (κ2) is 11.9. The number of benzene rings is 3. The summed E-state index contributed by atoms with van der Waals surface area (Å²) in [6, 6.07) is 16.8. The maximum atomic E-state index is 13.4. The summed E-state index contributed by atoms with van der Waals surface area (Å²) in [4.78, 5) is 25.3. The number of nitrogens with one attached hydrogen (secondary N) is 2. The zero-order valence-corrected chi connectivity index (χ0v) is 20.5. The third-order valence-corrected chi connectivity index (χ3v) is 6.91. The topological polar surface area (TPSA) is 105 Å². The first-order chi connectivity index (χ1) is 17.5. The van der Waals surface area contributed by atoms with Gasteiger partial charge in [0.15, 0.2) is 0 Å². The van der Waals surface area contributed by atoms with Crippen molar-refractivity contribution in [1.82, 2.24) is 5.32 Å². The van der Waals surface area contributed by atoms with E-state index in [-0.39, 0.29) is 35.0 Å². The Morgan fingerprint density at radius 3 is 2.30 bits per heavy atom. The molecule has 0 fully saturated rings. The fourth-order valence-corrected chi connectivity index (χ4v) is 4.78. The number of carbonyl (C=O) groups is 2. The monoisotopic (exact) mass is 535 g/mol. The van der Waals surface area contributed by atoms with Gasteiger partial charge in [-0.05, 0) is 42.5 Å². The van der Waals surface area contributed by atoms with Crippen molar-refractivity contribution >= 4 is 33.2 Å². The van der Waals surface area contributed by atoms with Gasteiger partial charge in [0.2, 0.25) is 5.91 Å². The van der Waals surface area contributed by atoms with Crippen LogP contribution in [-0.2, 0) is 25.7 Å². The number of methoxy groups -OCH3 is 1. The van der Waals surface area contributed by atoms with Gasteiger partial charge in [-0.3, -0.25) is 13.9 Å². The number of rotatable bonds is 10. The van der Waals surface area contributed by atoms with Gasteiger partial charge in [-0.15, -0.1) is 0 Å². The number of carbonyl (C=O) groups excluding carboxylic acids is 2. The summed E-state index contributed by atoms with van der Waals surface area (Å²) < 4.78 is 72.3. The van der Waals surface area contributed by atoms with E-state index in [2.05, 4.69) is 10.6 Å². The van der Waals surface area contributed by atoms with Crippen molar-refractivity contribution in [2.45, 2.75) is 11.1 Å². The zero-order valence-electron chi connectivity index (χ0n) is 19.7. The molecule has 3 aromatic rings. The summed E-state index contributed by atoms with van der Waals surface area (Å²) in [5.41, 5.74) is -1.21. The first-order valence-corrected chi connectivity index (χ1v) is 12.4. The Morgan fingerprint density at radius 1 is 0.946 bits per heavy atom. The van der Waals surface area contributed by atoms with Crippen LogP contribution < -0.4 is 14.9 Å². The molecule has 0 aliphatic rings. The second-order valence-corrected chi connectivity index (χ2v) is 9.58. The van der Waals surface area contributed by atoms with Gasteiger partial charge < -0.3 is 15.4 Å². The Morgan fingerprint density at radius 2 is 1.62 bits per heavy atom. The molecule has 12 heteroatoms. The number of ether oxygens (including phenoxy) is 1. The SMILES string of the molecule is COCCNC(=O)c1ccccc1NC(=O)CN(c1cccc(C(F)(F)F)c1)S(=O)(=O)c1ccccc1. The molecule has 8 nitrogen and oxygen atoms in total. The summed E-state index contributed by atoms with van der Waals surface area (Å²) in [7, 11) is -2.96. The molecule has 0 spiro atoms. The van der Waals surface area contributed by atoms with Gasteiger partial charge in [0.05, 0.1) is 34.0 Å². The fraction of sp³-hybridized carbons (Fsp3) is 0.200. The molecular weight excluding hydrogens is 511 g/mol. The molecule has 0 aromatic heterocycles. The van der Waals surface area contributed by atoms with Gasteiger partial charge >= 0.3 is 6.18 Å². The Hall–Kier alpha value is -3.90. The lowest BCUT2D eigenvalue weighted by Crippen LogP contribution is -2.38. The fourth-order valence-electron chi connectivity index (χ4n) is 3.34. The average molecular weight is 536 g/mol. The third kappa shape index (κ3) is 7.08. The lowest BCUT2D eigenvalue weighted by Gasteiger charge is -2.25. The van der Waals surface area contributed by atoms with Gasteiger partial charge in [-0.1, -0.05) is 36.4 Å². The first-order valence-electron chi connectivity index (χ1n) is 10.9. The molecule has 0 unspecified atom stereocenters. The van der Waals surface area contributed by atoms with Crippen LogP contribution in [0.4, 0.5) is 24.5 Å². The number of amides is 2. The van der Waals surface area contributed by atoms with E-state index in [9.17, 15) is 31.2 Å². The minimum atomic E-state index is -4.73. The number of anilines is 2. The summed E-state index contributed by atoms with van der Waals surface area (Å²) in [5.74, 6) is -1.37. The summed E-state index contributed by atoms with van der Waals surface area (Å²) in [6.07, 6.45) is -4.73. The van der Waals surface area contributed by atoms with Gasteiger partial charge in [0, 0.05) is 13.7 Å². The molecule has 3 aromatic carbocycles. The quantitative estimate of drug-likeness (QED) is 0.383. The lowest BCUT2D eigenvalue weighted by atomic mass is 10.1. The number of hydrogen-bond acceptors (Lipinski definition) is 5. The van der Waals surface area contributed by atoms with Crippen LogP contribution in [0.15, 0.2) is 83.8 Å². The molecule has 37 heavy (non-hydrogen) atoms. The van der Waals surface area contributed by atoms with E-state index >= 15 is 0 Å². The van der Waals surface area contributed by atoms with E-state index in [1.807, 2.05) is 0 Å². The maximum Gasteiger partial charge on any atom is 0.416 e. The van der Waals surface area contributed by atoms with Crippen LogP contribution in [0.5, 0.6) is 0 Å². The number of halogens is 3. The predicted molar refractivity (Wildman–Crippen MR) is 132 cm³/mol. The van der Waals surface area contributed by atoms with E-state index in [1.165, 1.54) is 49.6 Å². The standard InChI is InChI=1S/C25H24F3N3O5S/c1-36-15-14-29-24(33)21-12-5-6-13-22(21)30-23(32)17-31(37(34,35)20-10-3-2-4-11-20)19-9-7-8-18(16-19)25(26,27)28/h2-13,16H,14-15,17H2,1H3,(H,29,33)(H,30,32). The number of nitrogens with zero attached hydrogens (tertiary/aromatic N) is 1. The van der Waals surface area contributed by atoms with E-state index < -0.39 is 40.1 Å². The minimum Gasteiger partial charge on any atom is -0.383 e. The van der Waals surface area contributed by atoms with Gasteiger partial charge in [0.25, 0.3) is 15.9 Å². The Balaban J connectivity index is 1.94. The van der Waals surface area contributed by atoms with Crippen LogP contribution >= 0.6 is 0 Å². The highest BCUT2D eigenvalue weighted by Crippen LogP contribution is 2.33. The number of sulfonamides is 1. The van der Waals surface area contributed by atoms with E-state index in [0.717, 1.165) is 12.1 Å². The smallest absolute Gasteiger partial charge is 0.383 e. The summed E-state index contributed by atoms with van der Waals surface area (Å²) >= 11 is 0.